The first-order valence-corrected chi connectivity index (χ1v) is 9.19. The highest BCUT2D eigenvalue weighted by molar-refractivity contribution is 5.42. The molecule has 27 heavy (non-hydrogen) atoms. The summed E-state index contributed by atoms with van der Waals surface area (Å²) in [7, 11) is 0. The largest absolute Gasteiger partial charge is 0.490 e. The van der Waals surface area contributed by atoms with Gasteiger partial charge in [0.05, 0.1) is 6.54 Å². The van der Waals surface area contributed by atoms with E-state index in [1.54, 1.807) is 6.20 Å². The van der Waals surface area contributed by atoms with E-state index < -0.39 is 0 Å². The van der Waals surface area contributed by atoms with Crippen LogP contribution < -0.4 is 10.5 Å². The molecular weight excluding hydrogens is 340 g/mol. The van der Waals surface area contributed by atoms with Crippen molar-refractivity contribution in [1.82, 2.24) is 14.7 Å². The van der Waals surface area contributed by atoms with Crippen LogP contribution in [0.15, 0.2) is 47.2 Å². The lowest BCUT2D eigenvalue weighted by Crippen LogP contribution is -2.08. The molecule has 2 unspecified atom stereocenters. The number of hydrogen-bond acceptors (Lipinski definition) is 5. The lowest BCUT2D eigenvalue weighted by molar-refractivity contribution is 0.285. The van der Waals surface area contributed by atoms with Crippen LogP contribution in [0.1, 0.15) is 36.2 Å². The Balaban J connectivity index is 1.37. The molecule has 0 saturated heterocycles. The van der Waals surface area contributed by atoms with Crippen LogP contribution in [0, 0.1) is 17.8 Å². The van der Waals surface area contributed by atoms with E-state index in [1.165, 1.54) is 0 Å². The fourth-order valence-electron chi connectivity index (χ4n) is 2.96. The highest BCUT2D eigenvalue weighted by Gasteiger charge is 2.38. The summed E-state index contributed by atoms with van der Waals surface area (Å²) in [6.45, 7) is 3.40. The predicted molar refractivity (Wildman–Crippen MR) is 101 cm³/mol. The van der Waals surface area contributed by atoms with E-state index in [9.17, 15) is 0 Å². The van der Waals surface area contributed by atoms with Crippen molar-refractivity contribution in [2.24, 2.45) is 11.7 Å². The molecule has 3 aromatic rings. The van der Waals surface area contributed by atoms with Gasteiger partial charge >= 0.3 is 0 Å². The SMILES string of the molecule is CCc1nccn1Cc1cc(C#Cc2ccc(OC3CC3CN)cc2)on1. The minimum absolute atomic E-state index is 0.267. The number of nitrogens with zero attached hydrogens (tertiary/aromatic N) is 3. The molecule has 1 aromatic carbocycles. The smallest absolute Gasteiger partial charge is 0.210 e. The van der Waals surface area contributed by atoms with Gasteiger partial charge in [-0.05, 0) is 43.2 Å². The second kappa shape index (κ2) is 7.68. The van der Waals surface area contributed by atoms with Crippen LogP contribution in [0.4, 0.5) is 0 Å². The van der Waals surface area contributed by atoms with Crippen molar-refractivity contribution in [2.75, 3.05) is 6.54 Å². The third kappa shape index (κ3) is 4.21. The Labute approximate surface area is 158 Å². The first-order chi connectivity index (χ1) is 13.2. The van der Waals surface area contributed by atoms with Gasteiger partial charge in [0.15, 0.2) is 0 Å². The predicted octanol–water partition coefficient (Wildman–Crippen LogP) is 2.61. The summed E-state index contributed by atoms with van der Waals surface area (Å²) in [6, 6.07) is 9.63. The van der Waals surface area contributed by atoms with Crippen molar-refractivity contribution >= 4 is 0 Å². The number of nitrogens with two attached hydrogens (primary N) is 1. The van der Waals surface area contributed by atoms with E-state index in [4.69, 9.17) is 15.0 Å². The summed E-state index contributed by atoms with van der Waals surface area (Å²) in [6.07, 6.45) is 5.94. The average Bonchev–Trinajstić information content (AvgIpc) is 3.06. The van der Waals surface area contributed by atoms with Gasteiger partial charge in [0.2, 0.25) is 5.76 Å². The molecule has 1 fully saturated rings. The third-order valence-corrected chi connectivity index (χ3v) is 4.64. The van der Waals surface area contributed by atoms with Crippen molar-refractivity contribution in [2.45, 2.75) is 32.4 Å². The quantitative estimate of drug-likeness (QED) is 0.682. The maximum absolute atomic E-state index is 5.85. The maximum Gasteiger partial charge on any atom is 0.210 e. The highest BCUT2D eigenvalue weighted by atomic mass is 16.5. The Morgan fingerprint density at radius 1 is 1.30 bits per heavy atom. The minimum atomic E-state index is 0.267. The van der Waals surface area contributed by atoms with Gasteiger partial charge < -0.3 is 19.6 Å². The van der Waals surface area contributed by atoms with Crippen LogP contribution in [0.25, 0.3) is 0 Å². The van der Waals surface area contributed by atoms with Crippen LogP contribution in [-0.4, -0.2) is 27.4 Å². The Kier molecular flexibility index (Phi) is 4.95. The highest BCUT2D eigenvalue weighted by Crippen LogP contribution is 2.33. The van der Waals surface area contributed by atoms with E-state index in [1.807, 2.05) is 36.5 Å². The molecule has 138 valence electrons. The number of aryl methyl sites for hydroxylation is 1. The van der Waals surface area contributed by atoms with Crippen molar-refractivity contribution in [3.8, 4) is 17.6 Å². The zero-order valence-corrected chi connectivity index (χ0v) is 15.3. The van der Waals surface area contributed by atoms with Gasteiger partial charge in [-0.15, -0.1) is 0 Å². The Bertz CT molecular complexity index is 962. The maximum atomic E-state index is 5.85. The van der Waals surface area contributed by atoms with Gasteiger partial charge in [0.1, 0.15) is 23.4 Å². The molecular formula is C21H22N4O2. The van der Waals surface area contributed by atoms with E-state index in [2.05, 4.69) is 33.5 Å². The Hall–Kier alpha value is -3.04. The lowest BCUT2D eigenvalue weighted by atomic mass is 10.2. The first-order valence-electron chi connectivity index (χ1n) is 9.19. The molecule has 1 saturated carbocycles. The first kappa shape index (κ1) is 17.4. The molecule has 2 N–H and O–H groups in total. The monoisotopic (exact) mass is 362 g/mol. The molecule has 2 atom stereocenters. The number of hydrogen-bond donors (Lipinski definition) is 1. The topological polar surface area (TPSA) is 79.1 Å². The van der Waals surface area contributed by atoms with Crippen LogP contribution in [-0.2, 0) is 13.0 Å². The molecule has 1 aliphatic carbocycles. The second-order valence-electron chi connectivity index (χ2n) is 6.67. The van der Waals surface area contributed by atoms with Crippen molar-refractivity contribution in [3.63, 3.8) is 0 Å². The molecule has 6 heteroatoms. The fraction of sp³-hybridized carbons (Fsp3) is 0.333. The summed E-state index contributed by atoms with van der Waals surface area (Å²) in [4.78, 5) is 4.31. The summed E-state index contributed by atoms with van der Waals surface area (Å²) < 4.78 is 13.2. The normalized spacial score (nSPS) is 18.0. The van der Waals surface area contributed by atoms with Gasteiger partial charge in [-0.25, -0.2) is 4.98 Å². The van der Waals surface area contributed by atoms with Crippen LogP contribution in [0.3, 0.4) is 0 Å². The molecule has 0 aliphatic heterocycles. The molecule has 6 nitrogen and oxygen atoms in total. The zero-order valence-electron chi connectivity index (χ0n) is 15.3. The van der Waals surface area contributed by atoms with Crippen molar-refractivity contribution in [1.29, 1.82) is 0 Å². The van der Waals surface area contributed by atoms with Gasteiger partial charge in [-0.3, -0.25) is 0 Å². The summed E-state index contributed by atoms with van der Waals surface area (Å²) >= 11 is 0. The van der Waals surface area contributed by atoms with E-state index in [0.717, 1.165) is 35.7 Å². The molecule has 0 bridgehead atoms. The van der Waals surface area contributed by atoms with Gasteiger partial charge in [0.25, 0.3) is 0 Å². The minimum Gasteiger partial charge on any atom is -0.490 e. The lowest BCUT2D eigenvalue weighted by Gasteiger charge is -2.04. The Morgan fingerprint density at radius 3 is 2.89 bits per heavy atom. The van der Waals surface area contributed by atoms with Crippen LogP contribution >= 0.6 is 0 Å². The van der Waals surface area contributed by atoms with Gasteiger partial charge in [-0.1, -0.05) is 18.0 Å². The zero-order chi connectivity index (χ0) is 18.6. The van der Waals surface area contributed by atoms with Crippen LogP contribution in [0.5, 0.6) is 5.75 Å². The third-order valence-electron chi connectivity index (χ3n) is 4.64. The molecule has 0 radical (unpaired) electrons. The summed E-state index contributed by atoms with van der Waals surface area (Å²) in [5.74, 6) is 9.04. The molecule has 1 aliphatic rings. The summed E-state index contributed by atoms with van der Waals surface area (Å²) in [5.41, 5.74) is 7.36. The number of imidazole rings is 1. The van der Waals surface area contributed by atoms with E-state index in [-0.39, 0.29) is 6.10 Å². The van der Waals surface area contributed by atoms with Gasteiger partial charge in [0, 0.05) is 36.4 Å². The molecule has 0 amide bonds. The van der Waals surface area contributed by atoms with Crippen LogP contribution in [0.2, 0.25) is 0 Å². The standard InChI is InChI=1S/C21H22N4O2/c1-2-21-23-9-10-25(21)14-17-12-19(27-24-17)8-5-15-3-6-18(7-4-15)26-20-11-16(20)13-22/h3-4,6-7,9-10,12,16,20H,2,11,13-14,22H2,1H3. The van der Waals surface area contributed by atoms with E-state index in [0.29, 0.717) is 24.8 Å². The van der Waals surface area contributed by atoms with E-state index >= 15 is 0 Å². The van der Waals surface area contributed by atoms with Crippen molar-refractivity contribution in [3.05, 3.63) is 65.6 Å². The number of ether oxygens (including phenoxy) is 1. The Morgan fingerprint density at radius 2 is 2.15 bits per heavy atom. The average molecular weight is 362 g/mol. The van der Waals surface area contributed by atoms with Gasteiger partial charge in [-0.2, -0.15) is 0 Å². The number of aromatic nitrogens is 3. The molecule has 4 rings (SSSR count). The summed E-state index contributed by atoms with van der Waals surface area (Å²) in [5, 5.41) is 4.09. The van der Waals surface area contributed by atoms with Crippen molar-refractivity contribution < 1.29 is 9.26 Å². The molecule has 2 heterocycles. The molecule has 0 spiro atoms. The second-order valence-corrected chi connectivity index (χ2v) is 6.67. The number of benzene rings is 1. The number of rotatable bonds is 6. The fourth-order valence-corrected chi connectivity index (χ4v) is 2.96. The molecule has 2 aromatic heterocycles.